The van der Waals surface area contributed by atoms with Crippen LogP contribution >= 0.6 is 24.0 Å². The van der Waals surface area contributed by atoms with E-state index in [1.165, 1.54) is 38.8 Å². The van der Waals surface area contributed by atoms with Crippen LogP contribution in [0.15, 0.2) is 60.7 Å². The first-order valence-electron chi connectivity index (χ1n) is 9.77. The zero-order valence-electron chi connectivity index (χ0n) is 16.2. The second-order valence-corrected chi connectivity index (χ2v) is 7.92. The third-order valence-electron chi connectivity index (χ3n) is 6.09. The van der Waals surface area contributed by atoms with E-state index in [-0.39, 0.29) is 24.0 Å². The van der Waals surface area contributed by atoms with Gasteiger partial charge < -0.3 is 15.0 Å². The molecule has 0 radical (unpaired) electrons. The lowest BCUT2D eigenvalue weighted by Crippen LogP contribution is -2.51. The van der Waals surface area contributed by atoms with Crippen molar-refractivity contribution in [3.8, 4) is 0 Å². The molecule has 3 rings (SSSR count). The van der Waals surface area contributed by atoms with Crippen LogP contribution in [-0.2, 0) is 5.41 Å². The molecule has 0 aromatic heterocycles. The van der Waals surface area contributed by atoms with E-state index in [2.05, 4.69) is 7.05 Å². The summed E-state index contributed by atoms with van der Waals surface area (Å²) in [6, 6.07) is 19.8. The molecule has 1 aliphatic rings. The summed E-state index contributed by atoms with van der Waals surface area (Å²) in [5.74, 6) is -0.503. The van der Waals surface area contributed by atoms with Gasteiger partial charge in [0.1, 0.15) is 0 Å². The van der Waals surface area contributed by atoms with Gasteiger partial charge in [-0.25, -0.2) is 0 Å². The number of rotatable bonds is 6. The summed E-state index contributed by atoms with van der Waals surface area (Å²) in [6.07, 6.45) is 5.82. The number of quaternary nitrogens is 1. The van der Waals surface area contributed by atoms with Crippen LogP contribution in [0, 0.1) is 5.41 Å². The Kier molecular flexibility index (Phi) is 7.86. The molecule has 146 valence electrons. The molecular weight excluding hydrogens is 447 g/mol. The van der Waals surface area contributed by atoms with Crippen LogP contribution in [0.5, 0.6) is 0 Å². The molecule has 2 aromatic rings. The second kappa shape index (κ2) is 9.69. The van der Waals surface area contributed by atoms with Crippen LogP contribution in [0.25, 0.3) is 0 Å². The third kappa shape index (κ3) is 4.91. The highest BCUT2D eigenvalue weighted by Gasteiger charge is 2.37. The average molecular weight is 478 g/mol. The van der Waals surface area contributed by atoms with Gasteiger partial charge in [0.25, 0.3) is 0 Å². The number of halogens is 1. The van der Waals surface area contributed by atoms with Gasteiger partial charge in [0.05, 0.1) is 32.1 Å². The summed E-state index contributed by atoms with van der Waals surface area (Å²) in [5.41, 5.74) is 0.996. The van der Waals surface area contributed by atoms with Crippen molar-refractivity contribution < 1.29 is 9.59 Å². The minimum atomic E-state index is -0.879. The summed E-state index contributed by atoms with van der Waals surface area (Å²) in [5, 5.41) is 21.0. The van der Waals surface area contributed by atoms with Gasteiger partial charge >= 0.3 is 0 Å². The Morgan fingerprint density at radius 3 is 1.74 bits per heavy atom. The lowest BCUT2D eigenvalue weighted by Gasteiger charge is -2.42. The van der Waals surface area contributed by atoms with E-state index in [1.54, 1.807) is 0 Å². The lowest BCUT2D eigenvalue weighted by atomic mass is 9.71. The van der Waals surface area contributed by atoms with Crippen molar-refractivity contribution in [3.05, 3.63) is 71.8 Å². The summed E-state index contributed by atoms with van der Waals surface area (Å²) in [6.45, 7) is 3.27. The number of hydrogen-bond acceptors (Lipinski definition) is 2. The zero-order chi connectivity index (χ0) is 18.5. The molecule has 0 aliphatic carbocycles. The molecule has 2 aromatic carbocycles. The van der Waals surface area contributed by atoms with Gasteiger partial charge in [-0.05, 0) is 42.7 Å². The van der Waals surface area contributed by atoms with Crippen molar-refractivity contribution in [2.75, 3.05) is 26.7 Å². The summed E-state index contributed by atoms with van der Waals surface area (Å²) in [4.78, 5) is 0. The number of hydrogen-bond donors (Lipinski definition) is 1. The van der Waals surface area contributed by atoms with Crippen LogP contribution in [0.4, 0.5) is 0 Å². The lowest BCUT2D eigenvalue weighted by molar-refractivity contribution is -0.909. The molecule has 1 heterocycles. The predicted molar refractivity (Wildman–Crippen MR) is 121 cm³/mol. The van der Waals surface area contributed by atoms with E-state index in [1.807, 2.05) is 60.7 Å². The Morgan fingerprint density at radius 1 is 0.889 bits per heavy atom. The molecule has 1 N–H and O–H groups in total. The van der Waals surface area contributed by atoms with Crippen molar-refractivity contribution >= 4 is 29.9 Å². The van der Waals surface area contributed by atoms with Crippen molar-refractivity contribution in [2.45, 2.75) is 37.5 Å². The normalized spacial score (nSPS) is 16.8. The molecule has 1 fully saturated rings. The fourth-order valence-electron chi connectivity index (χ4n) is 4.39. The molecule has 1 saturated heterocycles. The molecule has 0 saturated carbocycles. The van der Waals surface area contributed by atoms with E-state index < -0.39 is 11.3 Å². The van der Waals surface area contributed by atoms with Crippen LogP contribution in [0.3, 0.4) is 0 Å². The third-order valence-corrected chi connectivity index (χ3v) is 6.09. The maximum Gasteiger partial charge on any atom is 0.0799 e. The first-order chi connectivity index (χ1) is 12.6. The van der Waals surface area contributed by atoms with Crippen molar-refractivity contribution in [2.24, 2.45) is 0 Å². The average Bonchev–Trinajstić information content (AvgIpc) is 2.89. The van der Waals surface area contributed by atoms with Crippen LogP contribution in [-0.4, -0.2) is 37.1 Å². The van der Waals surface area contributed by atoms with Crippen LogP contribution in [0.1, 0.15) is 43.2 Å². The molecule has 0 spiro atoms. The fourth-order valence-corrected chi connectivity index (χ4v) is 4.39. The zero-order valence-corrected chi connectivity index (χ0v) is 18.5. The maximum atomic E-state index is 12.8. The number of likely N-dealkylation sites (tertiary alicyclic amines) is 1. The van der Waals surface area contributed by atoms with Crippen molar-refractivity contribution in [1.82, 2.24) is 0 Å². The first kappa shape index (κ1) is 21.9. The minimum Gasteiger partial charge on any atom is -0.861 e. The highest BCUT2D eigenvalue weighted by molar-refractivity contribution is 14.0. The molecule has 0 amide bonds. The van der Waals surface area contributed by atoms with Gasteiger partial charge in [0.2, 0.25) is 0 Å². The molecule has 4 heteroatoms. The number of nitrogens with zero attached hydrogens (tertiary/aromatic N) is 1. The SMILES string of the molecule is C[N+]1(CCC(C(=N)[O-])(c2ccccc2)c2ccccc2)CCCCCC1.I. The highest BCUT2D eigenvalue weighted by Crippen LogP contribution is 2.37. The Hall–Kier alpha value is -1.40. The largest absolute Gasteiger partial charge is 0.861 e. The first-order valence-corrected chi connectivity index (χ1v) is 9.77. The molecule has 27 heavy (non-hydrogen) atoms. The fraction of sp³-hybridized carbons (Fsp3) is 0.435. The van der Waals surface area contributed by atoms with Crippen molar-refractivity contribution in [1.29, 1.82) is 5.41 Å². The van der Waals surface area contributed by atoms with E-state index in [9.17, 15) is 5.11 Å². The van der Waals surface area contributed by atoms with Gasteiger partial charge in [-0.3, -0.25) is 0 Å². The predicted octanol–water partition coefficient (Wildman–Crippen LogP) is 4.34. The quantitative estimate of drug-likeness (QED) is 0.286. The molecular formula is C23H31IN2O. The summed E-state index contributed by atoms with van der Waals surface area (Å²) in [7, 11) is 2.32. The molecule has 1 aliphatic heterocycles. The Labute approximate surface area is 180 Å². The van der Waals surface area contributed by atoms with Gasteiger partial charge in [0.15, 0.2) is 0 Å². The molecule has 0 unspecified atom stereocenters. The molecule has 3 nitrogen and oxygen atoms in total. The van der Waals surface area contributed by atoms with Gasteiger partial charge in [-0.2, -0.15) is 0 Å². The highest BCUT2D eigenvalue weighted by atomic mass is 127. The monoisotopic (exact) mass is 478 g/mol. The van der Waals surface area contributed by atoms with E-state index in [0.717, 1.165) is 22.2 Å². The second-order valence-electron chi connectivity index (χ2n) is 7.92. The Balaban J connectivity index is 0.00000261. The van der Waals surface area contributed by atoms with Gasteiger partial charge in [0, 0.05) is 6.42 Å². The Morgan fingerprint density at radius 2 is 1.33 bits per heavy atom. The van der Waals surface area contributed by atoms with Gasteiger partial charge in [-0.1, -0.05) is 60.7 Å². The Bertz CT molecular complexity index is 670. The van der Waals surface area contributed by atoms with Gasteiger partial charge in [-0.15, -0.1) is 24.0 Å². The standard InChI is InChI=1S/C23H30N2O.HI/c1-25(17-10-2-3-11-18-25)19-16-23(22(24)26,20-12-6-4-7-13-20)21-14-8-5-9-15-21;/h4-9,12-15H,2-3,10-11,16-19H2,1H3,(H-,24,26);1H. The topological polar surface area (TPSA) is 46.9 Å². The van der Waals surface area contributed by atoms with Crippen LogP contribution in [0.2, 0.25) is 0 Å². The van der Waals surface area contributed by atoms with E-state index in [0.29, 0.717) is 6.42 Å². The minimum absolute atomic E-state index is 0. The maximum absolute atomic E-state index is 12.8. The molecule has 0 bridgehead atoms. The number of nitrogens with one attached hydrogen (secondary N) is 1. The smallest absolute Gasteiger partial charge is 0.0799 e. The number of benzene rings is 2. The van der Waals surface area contributed by atoms with Crippen LogP contribution < -0.4 is 5.11 Å². The van der Waals surface area contributed by atoms with E-state index in [4.69, 9.17) is 5.41 Å². The molecule has 0 atom stereocenters. The van der Waals surface area contributed by atoms with Crippen molar-refractivity contribution in [3.63, 3.8) is 0 Å². The van der Waals surface area contributed by atoms with E-state index >= 15 is 0 Å². The summed E-state index contributed by atoms with van der Waals surface area (Å²) >= 11 is 0. The summed E-state index contributed by atoms with van der Waals surface area (Å²) < 4.78 is 1.01.